The number of amides is 1. The number of nitrogens with zero attached hydrogens (tertiary/aromatic N) is 1. The lowest BCUT2D eigenvalue weighted by Crippen LogP contribution is -2.45. The molecule has 0 aliphatic rings. The van der Waals surface area contributed by atoms with Gasteiger partial charge in [0.05, 0.1) is 12.0 Å². The summed E-state index contributed by atoms with van der Waals surface area (Å²) in [5.41, 5.74) is 5.06. The van der Waals surface area contributed by atoms with E-state index in [1.54, 1.807) is 0 Å². The van der Waals surface area contributed by atoms with Crippen LogP contribution in [0.3, 0.4) is 0 Å². The second-order valence-electron chi connectivity index (χ2n) is 4.31. The van der Waals surface area contributed by atoms with Crippen molar-refractivity contribution in [2.75, 3.05) is 20.3 Å². The normalized spacial score (nSPS) is 11.7. The highest BCUT2D eigenvalue weighted by Crippen LogP contribution is 2.31. The fourth-order valence-electron chi connectivity index (χ4n) is 1.62. The molecular weight excluding hydrogens is 278 g/mol. The average molecular weight is 297 g/mol. The number of nitrogens with two attached hydrogens (primary N) is 1. The molecule has 1 aromatic carbocycles. The molecule has 0 radical (unpaired) electrons. The van der Waals surface area contributed by atoms with Gasteiger partial charge in [-0.2, -0.15) is 0 Å². The summed E-state index contributed by atoms with van der Waals surface area (Å²) in [6.07, 6.45) is 0.823. The number of carbonyl (C=O) groups excluding carboxylic acids is 1. The van der Waals surface area contributed by atoms with Gasteiger partial charge in [0.15, 0.2) is 0 Å². The van der Waals surface area contributed by atoms with Crippen molar-refractivity contribution in [1.82, 2.24) is 5.32 Å². The number of rotatable bonds is 9. The maximum absolute atomic E-state index is 11.3. The molecule has 0 bridgehead atoms. The molecule has 0 aromatic heterocycles. The second-order valence-corrected chi connectivity index (χ2v) is 4.31. The molecule has 0 spiro atoms. The van der Waals surface area contributed by atoms with Gasteiger partial charge in [-0.15, -0.1) is 0 Å². The lowest BCUT2D eigenvalue weighted by atomic mass is 10.2. The van der Waals surface area contributed by atoms with E-state index < -0.39 is 16.9 Å². The third-order valence-electron chi connectivity index (χ3n) is 2.75. The third-order valence-corrected chi connectivity index (χ3v) is 2.75. The number of nitro benzene ring substituents is 1. The van der Waals surface area contributed by atoms with Crippen molar-refractivity contribution < 1.29 is 19.2 Å². The van der Waals surface area contributed by atoms with Gasteiger partial charge in [-0.25, -0.2) is 0 Å². The third kappa shape index (κ3) is 4.92. The molecular formula is C13H19N3O5. The molecule has 0 saturated carbocycles. The van der Waals surface area contributed by atoms with Crippen molar-refractivity contribution in [2.24, 2.45) is 5.73 Å². The summed E-state index contributed by atoms with van der Waals surface area (Å²) >= 11 is 0. The molecule has 1 amide bonds. The molecule has 0 saturated heterocycles. The van der Waals surface area contributed by atoms with E-state index >= 15 is 0 Å². The smallest absolute Gasteiger partial charge is 0.311 e. The zero-order valence-corrected chi connectivity index (χ0v) is 12.0. The van der Waals surface area contributed by atoms with Crippen molar-refractivity contribution >= 4 is 11.6 Å². The molecule has 21 heavy (non-hydrogen) atoms. The number of primary amides is 1. The van der Waals surface area contributed by atoms with Crippen LogP contribution in [-0.4, -0.2) is 37.1 Å². The molecule has 116 valence electrons. The second kappa shape index (κ2) is 8.05. The van der Waals surface area contributed by atoms with Gasteiger partial charge in [-0.3, -0.25) is 14.9 Å². The van der Waals surface area contributed by atoms with Crippen LogP contribution in [0.5, 0.6) is 11.5 Å². The van der Waals surface area contributed by atoms with Crippen LogP contribution in [0.25, 0.3) is 0 Å². The zero-order valence-electron chi connectivity index (χ0n) is 12.0. The molecule has 8 nitrogen and oxygen atoms in total. The van der Waals surface area contributed by atoms with Crippen molar-refractivity contribution in [3.8, 4) is 11.5 Å². The predicted molar refractivity (Wildman–Crippen MR) is 76.4 cm³/mol. The Morgan fingerprint density at radius 2 is 2.24 bits per heavy atom. The number of nitro groups is 1. The highest BCUT2D eigenvalue weighted by Gasteiger charge is 2.20. The summed E-state index contributed by atoms with van der Waals surface area (Å²) in [5, 5.41) is 13.9. The summed E-state index contributed by atoms with van der Waals surface area (Å²) < 4.78 is 10.4. The Hall–Kier alpha value is -2.35. The zero-order chi connectivity index (χ0) is 15.8. The molecule has 1 rings (SSSR count). The first-order valence-corrected chi connectivity index (χ1v) is 6.47. The van der Waals surface area contributed by atoms with Crippen LogP contribution >= 0.6 is 0 Å². The van der Waals surface area contributed by atoms with Gasteiger partial charge in [0.25, 0.3) is 0 Å². The van der Waals surface area contributed by atoms with Crippen LogP contribution in [-0.2, 0) is 4.79 Å². The lowest BCUT2D eigenvalue weighted by Gasteiger charge is -2.16. The molecule has 1 atom stereocenters. The topological polar surface area (TPSA) is 117 Å². The Kier molecular flexibility index (Phi) is 6.41. The van der Waals surface area contributed by atoms with Crippen LogP contribution in [0.2, 0.25) is 0 Å². The molecule has 0 aliphatic heterocycles. The van der Waals surface area contributed by atoms with E-state index in [0.29, 0.717) is 12.3 Å². The average Bonchev–Trinajstić information content (AvgIpc) is 2.46. The Bertz CT molecular complexity index is 507. The Morgan fingerprint density at radius 1 is 1.52 bits per heavy atom. The van der Waals surface area contributed by atoms with Crippen molar-refractivity contribution in [3.63, 3.8) is 0 Å². The van der Waals surface area contributed by atoms with Gasteiger partial charge in [0, 0.05) is 12.1 Å². The maximum atomic E-state index is 11.3. The minimum atomic E-state index is -0.712. The highest BCUT2D eigenvalue weighted by molar-refractivity contribution is 5.80. The molecule has 1 aromatic rings. The van der Waals surface area contributed by atoms with Gasteiger partial charge in [-0.1, -0.05) is 6.92 Å². The van der Waals surface area contributed by atoms with Crippen LogP contribution in [0.1, 0.15) is 13.3 Å². The van der Waals surface area contributed by atoms with Crippen LogP contribution in [0.15, 0.2) is 18.2 Å². The Labute approximate surface area is 122 Å². The molecule has 3 N–H and O–H groups in total. The first kappa shape index (κ1) is 16.7. The van der Waals surface area contributed by atoms with Crippen molar-refractivity contribution in [3.05, 3.63) is 28.3 Å². The summed E-state index contributed by atoms with van der Waals surface area (Å²) in [6.45, 7) is 2.44. The molecule has 1 unspecified atom stereocenters. The molecule has 0 heterocycles. The summed E-state index contributed by atoms with van der Waals surface area (Å²) in [7, 11) is 1.44. The van der Waals surface area contributed by atoms with Crippen molar-refractivity contribution in [2.45, 2.75) is 19.4 Å². The van der Waals surface area contributed by atoms with Crippen LogP contribution in [0, 0.1) is 10.1 Å². The Balaban J connectivity index is 2.84. The van der Waals surface area contributed by atoms with E-state index in [4.69, 9.17) is 15.2 Å². The first-order chi connectivity index (χ1) is 9.99. The van der Waals surface area contributed by atoms with E-state index in [0.717, 1.165) is 6.42 Å². The molecule has 8 heteroatoms. The summed E-state index contributed by atoms with van der Waals surface area (Å²) in [4.78, 5) is 21.7. The highest BCUT2D eigenvalue weighted by atomic mass is 16.6. The van der Waals surface area contributed by atoms with E-state index in [2.05, 4.69) is 5.32 Å². The van der Waals surface area contributed by atoms with E-state index in [-0.39, 0.29) is 18.0 Å². The van der Waals surface area contributed by atoms with Gasteiger partial charge in [-0.05, 0) is 19.0 Å². The summed E-state index contributed by atoms with van der Waals surface area (Å²) in [5.74, 6) is -0.120. The van der Waals surface area contributed by atoms with E-state index in [1.165, 1.54) is 25.3 Å². The molecule has 0 aliphatic carbocycles. The summed E-state index contributed by atoms with van der Waals surface area (Å²) in [6, 6.07) is 3.44. The van der Waals surface area contributed by atoms with Crippen molar-refractivity contribution in [1.29, 1.82) is 0 Å². The molecule has 0 fully saturated rings. The fourth-order valence-corrected chi connectivity index (χ4v) is 1.62. The monoisotopic (exact) mass is 297 g/mol. The van der Waals surface area contributed by atoms with Gasteiger partial charge >= 0.3 is 5.69 Å². The number of benzene rings is 1. The largest absolute Gasteiger partial charge is 0.497 e. The quantitative estimate of drug-likeness (QED) is 0.515. The minimum Gasteiger partial charge on any atom is -0.497 e. The maximum Gasteiger partial charge on any atom is 0.311 e. The first-order valence-electron chi connectivity index (χ1n) is 6.47. The van der Waals surface area contributed by atoms with Crippen LogP contribution in [0.4, 0.5) is 5.69 Å². The van der Waals surface area contributed by atoms with E-state index in [1.807, 2.05) is 6.92 Å². The fraction of sp³-hybridized carbons (Fsp3) is 0.462. The van der Waals surface area contributed by atoms with Gasteiger partial charge < -0.3 is 20.5 Å². The number of hydrogen-bond acceptors (Lipinski definition) is 6. The SMILES string of the molecule is CCCNC(COc1cc(OC)ccc1[N+](=O)[O-])C(N)=O. The minimum absolute atomic E-state index is 0.0314. The number of nitrogens with one attached hydrogen (secondary N) is 1. The number of hydrogen-bond donors (Lipinski definition) is 2. The van der Waals surface area contributed by atoms with Gasteiger partial charge in [0.2, 0.25) is 11.7 Å². The number of methoxy groups -OCH3 is 1. The predicted octanol–water partition coefficient (Wildman–Crippen LogP) is 0.836. The lowest BCUT2D eigenvalue weighted by molar-refractivity contribution is -0.385. The van der Waals surface area contributed by atoms with Crippen LogP contribution < -0.4 is 20.5 Å². The van der Waals surface area contributed by atoms with Gasteiger partial charge in [0.1, 0.15) is 18.4 Å². The Morgan fingerprint density at radius 3 is 2.76 bits per heavy atom. The number of carbonyl (C=O) groups is 1. The standard InChI is InChI=1S/C13H19N3O5/c1-3-6-15-10(13(14)17)8-21-12-7-9(20-2)4-5-11(12)16(18)19/h4-5,7,10,15H,3,6,8H2,1-2H3,(H2,14,17). The van der Waals surface area contributed by atoms with E-state index in [9.17, 15) is 14.9 Å². The number of ether oxygens (including phenoxy) is 2.